The van der Waals surface area contributed by atoms with Gasteiger partial charge in [0.25, 0.3) is 5.91 Å². The van der Waals surface area contributed by atoms with E-state index in [4.69, 9.17) is 9.47 Å². The van der Waals surface area contributed by atoms with Gasteiger partial charge in [-0.1, -0.05) is 0 Å². The predicted octanol–water partition coefficient (Wildman–Crippen LogP) is 4.09. The summed E-state index contributed by atoms with van der Waals surface area (Å²) >= 11 is 0. The normalized spacial score (nSPS) is 15.2. The van der Waals surface area contributed by atoms with Crippen molar-refractivity contribution >= 4 is 17.3 Å². The maximum atomic E-state index is 12.4. The average Bonchev–Trinajstić information content (AvgIpc) is 2.70. The Morgan fingerprint density at radius 3 is 2.19 bits per heavy atom. The highest BCUT2D eigenvalue weighted by Gasteiger charge is 2.16. The van der Waals surface area contributed by atoms with E-state index < -0.39 is 6.10 Å². The Morgan fingerprint density at radius 2 is 1.58 bits per heavy atom. The van der Waals surface area contributed by atoms with Gasteiger partial charge in [-0.3, -0.25) is 4.79 Å². The van der Waals surface area contributed by atoms with Gasteiger partial charge in [-0.2, -0.15) is 0 Å². The summed E-state index contributed by atoms with van der Waals surface area (Å²) < 4.78 is 10.8. The van der Waals surface area contributed by atoms with E-state index in [1.807, 2.05) is 12.1 Å². The molecule has 1 aliphatic heterocycles. The zero-order valence-corrected chi connectivity index (χ0v) is 15.4. The van der Waals surface area contributed by atoms with Gasteiger partial charge in [0, 0.05) is 24.5 Å². The molecule has 2 aromatic carbocycles. The lowest BCUT2D eigenvalue weighted by molar-refractivity contribution is -0.122. The van der Waals surface area contributed by atoms with Crippen LogP contribution in [0.25, 0.3) is 0 Å². The third-order valence-electron chi connectivity index (χ3n) is 4.60. The van der Waals surface area contributed by atoms with Crippen LogP contribution in [0, 0.1) is 0 Å². The van der Waals surface area contributed by atoms with Crippen molar-refractivity contribution in [3.8, 4) is 11.5 Å². The number of rotatable bonds is 6. The number of methoxy groups -OCH3 is 1. The predicted molar refractivity (Wildman–Crippen MR) is 104 cm³/mol. The monoisotopic (exact) mass is 354 g/mol. The number of nitrogens with zero attached hydrogens (tertiary/aromatic N) is 1. The third kappa shape index (κ3) is 4.69. The summed E-state index contributed by atoms with van der Waals surface area (Å²) in [5, 5.41) is 2.91. The molecule has 1 aliphatic rings. The van der Waals surface area contributed by atoms with E-state index in [1.165, 1.54) is 24.9 Å². The van der Waals surface area contributed by atoms with E-state index in [1.54, 1.807) is 38.3 Å². The van der Waals surface area contributed by atoms with E-state index >= 15 is 0 Å². The summed E-state index contributed by atoms with van der Waals surface area (Å²) in [6.45, 7) is 3.96. The van der Waals surface area contributed by atoms with E-state index in [2.05, 4.69) is 22.3 Å². The molecule has 26 heavy (non-hydrogen) atoms. The zero-order valence-electron chi connectivity index (χ0n) is 15.4. The molecule has 0 radical (unpaired) electrons. The largest absolute Gasteiger partial charge is 0.497 e. The number of hydrogen-bond acceptors (Lipinski definition) is 4. The van der Waals surface area contributed by atoms with Crippen LogP contribution in [0.4, 0.5) is 11.4 Å². The molecule has 1 fully saturated rings. The summed E-state index contributed by atoms with van der Waals surface area (Å²) in [5.74, 6) is 1.21. The van der Waals surface area contributed by atoms with Crippen molar-refractivity contribution < 1.29 is 14.3 Å². The summed E-state index contributed by atoms with van der Waals surface area (Å²) in [4.78, 5) is 14.7. The highest BCUT2D eigenvalue weighted by atomic mass is 16.5. The van der Waals surface area contributed by atoms with Crippen molar-refractivity contribution in [3.05, 3.63) is 48.5 Å². The van der Waals surface area contributed by atoms with E-state index in [0.29, 0.717) is 5.75 Å². The minimum Gasteiger partial charge on any atom is -0.497 e. The van der Waals surface area contributed by atoms with Gasteiger partial charge in [0.05, 0.1) is 7.11 Å². The van der Waals surface area contributed by atoms with Crippen molar-refractivity contribution in [2.24, 2.45) is 0 Å². The standard InChI is InChI=1S/C21H26N2O3/c1-16(26-20-12-10-19(25-2)11-13-20)21(24)22-17-6-8-18(9-7-17)23-14-4-3-5-15-23/h6-13,16H,3-5,14-15H2,1-2H3,(H,22,24). The second-order valence-corrected chi connectivity index (χ2v) is 6.52. The molecular formula is C21H26N2O3. The van der Waals surface area contributed by atoms with Crippen LogP contribution in [-0.2, 0) is 4.79 Å². The number of piperidine rings is 1. The summed E-state index contributed by atoms with van der Waals surface area (Å²) in [6.07, 6.45) is 3.22. The lowest BCUT2D eigenvalue weighted by Gasteiger charge is -2.28. The van der Waals surface area contributed by atoms with Crippen LogP contribution in [0.1, 0.15) is 26.2 Å². The SMILES string of the molecule is COc1ccc(OC(C)C(=O)Nc2ccc(N3CCCCC3)cc2)cc1. The Hall–Kier alpha value is -2.69. The van der Waals surface area contributed by atoms with Crippen LogP contribution in [0.5, 0.6) is 11.5 Å². The average molecular weight is 354 g/mol. The first-order valence-corrected chi connectivity index (χ1v) is 9.12. The van der Waals surface area contributed by atoms with Crippen molar-refractivity contribution in [2.75, 3.05) is 30.4 Å². The van der Waals surface area contributed by atoms with Crippen molar-refractivity contribution in [2.45, 2.75) is 32.3 Å². The van der Waals surface area contributed by atoms with E-state index in [-0.39, 0.29) is 5.91 Å². The van der Waals surface area contributed by atoms with Gasteiger partial charge in [0.15, 0.2) is 6.10 Å². The number of carbonyl (C=O) groups excluding carboxylic acids is 1. The molecular weight excluding hydrogens is 328 g/mol. The van der Waals surface area contributed by atoms with Gasteiger partial charge in [0.2, 0.25) is 0 Å². The molecule has 1 unspecified atom stereocenters. The fraction of sp³-hybridized carbons (Fsp3) is 0.381. The summed E-state index contributed by atoms with van der Waals surface area (Å²) in [7, 11) is 1.61. The Labute approximate surface area is 154 Å². The summed E-state index contributed by atoms with van der Waals surface area (Å²) in [6, 6.07) is 15.2. The fourth-order valence-electron chi connectivity index (χ4n) is 3.06. The Morgan fingerprint density at radius 1 is 0.962 bits per heavy atom. The van der Waals surface area contributed by atoms with Gasteiger partial charge >= 0.3 is 0 Å². The molecule has 3 rings (SSSR count). The molecule has 0 aromatic heterocycles. The molecule has 5 heteroatoms. The summed E-state index contributed by atoms with van der Waals surface area (Å²) in [5.41, 5.74) is 1.99. The molecule has 0 aliphatic carbocycles. The molecule has 0 spiro atoms. The van der Waals surface area contributed by atoms with Crippen LogP contribution in [-0.4, -0.2) is 32.2 Å². The second kappa shape index (κ2) is 8.61. The lowest BCUT2D eigenvalue weighted by Crippen LogP contribution is -2.30. The minimum absolute atomic E-state index is 0.174. The number of nitrogens with one attached hydrogen (secondary N) is 1. The molecule has 5 nitrogen and oxygen atoms in total. The van der Waals surface area contributed by atoms with Crippen LogP contribution in [0.15, 0.2) is 48.5 Å². The Bertz CT molecular complexity index is 707. The van der Waals surface area contributed by atoms with Crippen molar-refractivity contribution in [3.63, 3.8) is 0 Å². The molecule has 1 heterocycles. The van der Waals surface area contributed by atoms with E-state index in [9.17, 15) is 4.79 Å². The maximum absolute atomic E-state index is 12.4. The number of carbonyl (C=O) groups is 1. The minimum atomic E-state index is -0.592. The number of hydrogen-bond donors (Lipinski definition) is 1. The zero-order chi connectivity index (χ0) is 18.4. The number of anilines is 2. The highest BCUT2D eigenvalue weighted by Crippen LogP contribution is 2.22. The number of ether oxygens (including phenoxy) is 2. The molecule has 1 saturated heterocycles. The van der Waals surface area contributed by atoms with Gasteiger partial charge in [-0.25, -0.2) is 0 Å². The number of amides is 1. The molecule has 1 N–H and O–H groups in total. The topological polar surface area (TPSA) is 50.8 Å². The molecule has 1 amide bonds. The molecule has 0 bridgehead atoms. The first kappa shape index (κ1) is 18.1. The highest BCUT2D eigenvalue weighted by molar-refractivity contribution is 5.94. The van der Waals surface area contributed by atoms with E-state index in [0.717, 1.165) is 24.5 Å². The van der Waals surface area contributed by atoms with Gasteiger partial charge in [-0.05, 0) is 74.7 Å². The van der Waals surface area contributed by atoms with Crippen molar-refractivity contribution in [1.82, 2.24) is 0 Å². The number of benzene rings is 2. The first-order chi connectivity index (χ1) is 12.7. The van der Waals surface area contributed by atoms with Crippen LogP contribution < -0.4 is 19.7 Å². The molecule has 1 atom stereocenters. The van der Waals surface area contributed by atoms with Gasteiger partial charge in [0.1, 0.15) is 11.5 Å². The van der Waals surface area contributed by atoms with Crippen LogP contribution in [0.2, 0.25) is 0 Å². The molecule has 138 valence electrons. The second-order valence-electron chi connectivity index (χ2n) is 6.52. The maximum Gasteiger partial charge on any atom is 0.265 e. The van der Waals surface area contributed by atoms with Gasteiger partial charge in [-0.15, -0.1) is 0 Å². The smallest absolute Gasteiger partial charge is 0.265 e. The Kier molecular flexibility index (Phi) is 6.00. The molecule has 2 aromatic rings. The Balaban J connectivity index is 1.54. The van der Waals surface area contributed by atoms with Gasteiger partial charge < -0.3 is 19.7 Å². The first-order valence-electron chi connectivity index (χ1n) is 9.12. The third-order valence-corrected chi connectivity index (χ3v) is 4.60. The van der Waals surface area contributed by atoms with Crippen molar-refractivity contribution in [1.29, 1.82) is 0 Å². The van der Waals surface area contributed by atoms with Crippen LogP contribution in [0.3, 0.4) is 0 Å². The lowest BCUT2D eigenvalue weighted by atomic mass is 10.1. The van der Waals surface area contributed by atoms with Crippen LogP contribution >= 0.6 is 0 Å². The quantitative estimate of drug-likeness (QED) is 0.849. The molecule has 0 saturated carbocycles. The fourth-order valence-corrected chi connectivity index (χ4v) is 3.06.